The fraction of sp³-hybridized carbons (Fsp3) is 0. The highest BCUT2D eigenvalue weighted by atomic mass is 32.2. The molecule has 0 fully saturated rings. The lowest BCUT2D eigenvalue weighted by molar-refractivity contribution is -0.384. The second-order valence-corrected chi connectivity index (χ2v) is 6.19. The van der Waals surface area contributed by atoms with Gasteiger partial charge in [-0.1, -0.05) is 18.2 Å². The summed E-state index contributed by atoms with van der Waals surface area (Å²) in [6, 6.07) is 14.7. The van der Waals surface area contributed by atoms with Crippen molar-refractivity contribution in [2.75, 3.05) is 0 Å². The van der Waals surface area contributed by atoms with Crippen molar-refractivity contribution >= 4 is 29.6 Å². The molecule has 0 saturated carbocycles. The van der Waals surface area contributed by atoms with Crippen molar-refractivity contribution in [1.29, 1.82) is 0 Å². The van der Waals surface area contributed by atoms with E-state index < -0.39 is 4.92 Å². The maximum Gasteiger partial charge on any atom is 0.271 e. The minimum Gasteiger partial charge on any atom is -0.267 e. The van der Waals surface area contributed by atoms with Gasteiger partial charge in [0.1, 0.15) is 0 Å². The zero-order chi connectivity index (χ0) is 19.1. The van der Waals surface area contributed by atoms with E-state index in [9.17, 15) is 14.9 Å². The number of hydrogen-bond acceptors (Lipinski definition) is 7. The van der Waals surface area contributed by atoms with Gasteiger partial charge in [-0.2, -0.15) is 5.10 Å². The van der Waals surface area contributed by atoms with Gasteiger partial charge in [-0.3, -0.25) is 14.9 Å². The Bertz CT molecular complexity index is 981. The smallest absolute Gasteiger partial charge is 0.267 e. The Morgan fingerprint density at radius 2 is 1.85 bits per heavy atom. The molecule has 0 bridgehead atoms. The number of hydrazone groups is 1. The molecule has 0 aliphatic rings. The van der Waals surface area contributed by atoms with E-state index in [0.717, 1.165) is 0 Å². The number of nitrogens with one attached hydrogen (secondary N) is 1. The molecule has 8 nitrogen and oxygen atoms in total. The first kappa shape index (κ1) is 18.2. The molecule has 27 heavy (non-hydrogen) atoms. The van der Waals surface area contributed by atoms with Crippen LogP contribution >= 0.6 is 11.8 Å². The normalized spacial score (nSPS) is 10.7. The summed E-state index contributed by atoms with van der Waals surface area (Å²) in [4.78, 5) is 31.5. The van der Waals surface area contributed by atoms with Crippen molar-refractivity contribution in [1.82, 2.24) is 15.4 Å². The van der Waals surface area contributed by atoms with Crippen molar-refractivity contribution in [3.63, 3.8) is 0 Å². The number of non-ortho nitro benzene ring substituents is 1. The number of nitro groups is 1. The maximum absolute atomic E-state index is 12.0. The first-order valence-electron chi connectivity index (χ1n) is 7.75. The molecule has 0 spiro atoms. The maximum atomic E-state index is 12.0. The average Bonchev–Trinajstić information content (AvgIpc) is 2.70. The summed E-state index contributed by atoms with van der Waals surface area (Å²) in [5, 5.41) is 15.5. The molecule has 134 valence electrons. The van der Waals surface area contributed by atoms with Crippen LogP contribution < -0.4 is 5.43 Å². The van der Waals surface area contributed by atoms with Crippen LogP contribution in [0.5, 0.6) is 0 Å². The van der Waals surface area contributed by atoms with Gasteiger partial charge in [0.25, 0.3) is 11.6 Å². The lowest BCUT2D eigenvalue weighted by atomic mass is 10.2. The summed E-state index contributed by atoms with van der Waals surface area (Å²) in [5.74, 6) is -0.377. The predicted molar refractivity (Wildman–Crippen MR) is 101 cm³/mol. The van der Waals surface area contributed by atoms with Crippen LogP contribution in [-0.2, 0) is 0 Å². The van der Waals surface area contributed by atoms with Crippen LogP contribution in [0.1, 0.15) is 15.9 Å². The van der Waals surface area contributed by atoms with Crippen LogP contribution in [0.3, 0.4) is 0 Å². The molecule has 0 radical (unpaired) electrons. The summed E-state index contributed by atoms with van der Waals surface area (Å²) >= 11 is 1.24. The predicted octanol–water partition coefficient (Wildman–Crippen LogP) is 3.30. The van der Waals surface area contributed by atoms with Crippen molar-refractivity contribution in [2.24, 2.45) is 5.10 Å². The van der Waals surface area contributed by atoms with Crippen LogP contribution in [0.15, 0.2) is 82.1 Å². The van der Waals surface area contributed by atoms with E-state index in [0.29, 0.717) is 21.2 Å². The summed E-state index contributed by atoms with van der Waals surface area (Å²) in [7, 11) is 0. The lowest BCUT2D eigenvalue weighted by Gasteiger charge is -2.05. The molecule has 1 amide bonds. The Hall–Kier alpha value is -3.59. The molecule has 0 saturated heterocycles. The van der Waals surface area contributed by atoms with Crippen LogP contribution in [0, 0.1) is 10.1 Å². The Morgan fingerprint density at radius 3 is 2.56 bits per heavy atom. The fourth-order valence-corrected chi connectivity index (χ4v) is 2.88. The third kappa shape index (κ3) is 4.95. The highest BCUT2D eigenvalue weighted by Crippen LogP contribution is 2.29. The number of nitro benzene ring substituents is 1. The summed E-state index contributed by atoms with van der Waals surface area (Å²) in [5.41, 5.74) is 3.25. The highest BCUT2D eigenvalue weighted by Gasteiger charge is 2.12. The van der Waals surface area contributed by atoms with Crippen LogP contribution in [0.4, 0.5) is 5.69 Å². The van der Waals surface area contributed by atoms with E-state index in [-0.39, 0.29) is 11.6 Å². The van der Waals surface area contributed by atoms with Gasteiger partial charge < -0.3 is 0 Å². The van der Waals surface area contributed by atoms with E-state index in [1.807, 2.05) is 0 Å². The summed E-state index contributed by atoms with van der Waals surface area (Å²) in [6.07, 6.45) is 4.57. The van der Waals surface area contributed by atoms with E-state index in [4.69, 9.17) is 0 Å². The number of carbonyl (C=O) groups excluding carboxylic acids is 1. The number of aromatic nitrogens is 2. The quantitative estimate of drug-likeness (QED) is 0.304. The monoisotopic (exact) mass is 379 g/mol. The number of rotatable bonds is 6. The number of carbonyl (C=O) groups is 1. The van der Waals surface area contributed by atoms with Gasteiger partial charge in [-0.25, -0.2) is 15.4 Å². The highest BCUT2D eigenvalue weighted by molar-refractivity contribution is 7.99. The molecule has 9 heteroatoms. The Morgan fingerprint density at radius 1 is 1.11 bits per heavy atom. The minimum absolute atomic E-state index is 0.0795. The van der Waals surface area contributed by atoms with Crippen molar-refractivity contribution in [2.45, 2.75) is 10.1 Å². The molecule has 3 aromatic rings. The first-order chi connectivity index (χ1) is 13.1. The summed E-state index contributed by atoms with van der Waals surface area (Å²) < 4.78 is 0. The second-order valence-electron chi connectivity index (χ2n) is 5.18. The zero-order valence-corrected chi connectivity index (χ0v) is 14.7. The SMILES string of the molecule is O=C(NN=Cc1cc([N+](=O)[O-])ccc1Sc1ncccn1)c1ccccc1. The number of hydrogen-bond donors (Lipinski definition) is 1. The molecule has 0 aliphatic heterocycles. The minimum atomic E-state index is -0.493. The molecule has 1 N–H and O–H groups in total. The Kier molecular flexibility index (Phi) is 5.85. The molecule has 2 aromatic carbocycles. The van der Waals surface area contributed by atoms with Gasteiger partial charge in [-0.05, 0) is 36.0 Å². The van der Waals surface area contributed by atoms with E-state index in [2.05, 4.69) is 20.5 Å². The molecule has 3 rings (SSSR count). The Balaban J connectivity index is 1.82. The third-order valence-electron chi connectivity index (χ3n) is 3.35. The van der Waals surface area contributed by atoms with Gasteiger partial charge in [0.15, 0.2) is 5.16 Å². The summed E-state index contributed by atoms with van der Waals surface area (Å²) in [6.45, 7) is 0. The number of benzene rings is 2. The van der Waals surface area contributed by atoms with Crippen LogP contribution in [0.2, 0.25) is 0 Å². The van der Waals surface area contributed by atoms with Gasteiger partial charge in [-0.15, -0.1) is 0 Å². The standard InChI is InChI=1S/C18H13N5O3S/c24-17(13-5-2-1-3-6-13)22-21-12-14-11-15(23(25)26)7-8-16(14)27-18-19-9-4-10-20-18/h1-12H,(H,22,24). The largest absolute Gasteiger partial charge is 0.271 e. The molecule has 0 atom stereocenters. The van der Waals surface area contributed by atoms with E-state index in [1.54, 1.807) is 54.9 Å². The molecule has 1 heterocycles. The van der Waals surface area contributed by atoms with Gasteiger partial charge in [0.05, 0.1) is 11.1 Å². The molecular formula is C18H13N5O3S. The molecular weight excluding hydrogens is 366 g/mol. The third-order valence-corrected chi connectivity index (χ3v) is 4.34. The van der Waals surface area contributed by atoms with Gasteiger partial charge in [0, 0.05) is 40.5 Å². The molecule has 0 aliphatic carbocycles. The van der Waals surface area contributed by atoms with Gasteiger partial charge >= 0.3 is 0 Å². The van der Waals surface area contributed by atoms with Crippen LogP contribution in [-0.4, -0.2) is 27.0 Å². The number of nitrogens with zero attached hydrogens (tertiary/aromatic N) is 4. The topological polar surface area (TPSA) is 110 Å². The van der Waals surface area contributed by atoms with Gasteiger partial charge in [0.2, 0.25) is 0 Å². The lowest BCUT2D eigenvalue weighted by Crippen LogP contribution is -2.17. The first-order valence-corrected chi connectivity index (χ1v) is 8.57. The fourth-order valence-electron chi connectivity index (χ4n) is 2.09. The zero-order valence-electron chi connectivity index (χ0n) is 13.9. The Labute approximate surface area is 158 Å². The second kappa shape index (κ2) is 8.68. The van der Waals surface area contributed by atoms with E-state index >= 15 is 0 Å². The average molecular weight is 379 g/mol. The number of amides is 1. The van der Waals surface area contributed by atoms with Crippen molar-refractivity contribution < 1.29 is 9.72 Å². The van der Waals surface area contributed by atoms with Crippen molar-refractivity contribution in [3.05, 3.63) is 88.2 Å². The molecule has 1 aromatic heterocycles. The van der Waals surface area contributed by atoms with E-state index in [1.165, 1.54) is 30.1 Å². The van der Waals surface area contributed by atoms with Crippen LogP contribution in [0.25, 0.3) is 0 Å². The van der Waals surface area contributed by atoms with Crippen molar-refractivity contribution in [3.8, 4) is 0 Å². The molecule has 0 unspecified atom stereocenters.